The average Bonchev–Trinajstić information content (AvgIpc) is 3.49. The van der Waals surface area contributed by atoms with Gasteiger partial charge in [-0.2, -0.15) is 0 Å². The van der Waals surface area contributed by atoms with Gasteiger partial charge < -0.3 is 10.0 Å². The lowest BCUT2D eigenvalue weighted by atomic mass is 10.1. The van der Waals surface area contributed by atoms with Crippen LogP contribution in [0.1, 0.15) is 70.3 Å². The number of amidine groups is 1. The summed E-state index contributed by atoms with van der Waals surface area (Å²) in [6, 6.07) is 6.69. The van der Waals surface area contributed by atoms with E-state index >= 15 is 0 Å². The van der Waals surface area contributed by atoms with Gasteiger partial charge in [0.15, 0.2) is 0 Å². The van der Waals surface area contributed by atoms with Crippen molar-refractivity contribution in [1.82, 2.24) is 4.90 Å². The Morgan fingerprint density at radius 3 is 2.68 bits per heavy atom. The third-order valence-corrected chi connectivity index (χ3v) is 8.84. The smallest absolute Gasteiger partial charge is 0.303 e. The van der Waals surface area contributed by atoms with Crippen LogP contribution in [0.25, 0.3) is 0 Å². The summed E-state index contributed by atoms with van der Waals surface area (Å²) in [5.41, 5.74) is 5.86. The first-order chi connectivity index (χ1) is 18.5. The molecule has 5 nitrogen and oxygen atoms in total. The summed E-state index contributed by atoms with van der Waals surface area (Å²) < 4.78 is 0. The first-order valence-electron chi connectivity index (χ1n) is 13.8. The van der Waals surface area contributed by atoms with Gasteiger partial charge in [-0.1, -0.05) is 38.7 Å². The standard InChI is InChI=1S/C31H39N3O2S2/c1-3-4-5-8-16-37-27-14-15-29-23(20-27)18-25(32-29)11-10-12-26-19-24-21-28(22-34(2)31(24)33-26)38-17-9-6-7-13-30(35)36/h10-12,14-15,20-22H,3-9,13,16-19H2,1-2H3,(H,35,36)/b11-10+,26-12+. The molecule has 1 aromatic rings. The van der Waals surface area contributed by atoms with E-state index in [4.69, 9.17) is 15.1 Å². The van der Waals surface area contributed by atoms with Crippen LogP contribution in [0.4, 0.5) is 5.69 Å². The number of thioether (sulfide) groups is 2. The Morgan fingerprint density at radius 1 is 1.05 bits per heavy atom. The van der Waals surface area contributed by atoms with Gasteiger partial charge in [0.05, 0.1) is 5.69 Å². The number of aliphatic carboxylic acids is 1. The zero-order valence-corrected chi connectivity index (χ0v) is 24.3. The van der Waals surface area contributed by atoms with Gasteiger partial charge in [0, 0.05) is 59.3 Å². The fourth-order valence-electron chi connectivity index (χ4n) is 4.70. The molecule has 0 spiro atoms. The van der Waals surface area contributed by atoms with Crippen LogP contribution >= 0.6 is 23.5 Å². The Balaban J connectivity index is 1.24. The van der Waals surface area contributed by atoms with Crippen molar-refractivity contribution in [2.75, 3.05) is 18.6 Å². The van der Waals surface area contributed by atoms with E-state index in [9.17, 15) is 4.79 Å². The molecule has 0 saturated heterocycles. The lowest BCUT2D eigenvalue weighted by molar-refractivity contribution is -0.137. The first-order valence-corrected chi connectivity index (χ1v) is 15.8. The number of fused-ring (bicyclic) bond motifs is 2. The number of allylic oxidation sites excluding steroid dienone is 5. The maximum absolute atomic E-state index is 10.6. The van der Waals surface area contributed by atoms with Crippen molar-refractivity contribution in [2.24, 2.45) is 9.98 Å². The molecule has 1 N–H and O–H groups in total. The fourth-order valence-corrected chi connectivity index (χ4v) is 6.72. The Morgan fingerprint density at radius 2 is 1.87 bits per heavy atom. The minimum absolute atomic E-state index is 0.267. The third-order valence-electron chi connectivity index (χ3n) is 6.71. The minimum atomic E-state index is -0.705. The maximum atomic E-state index is 10.6. The molecule has 1 aromatic carbocycles. The number of unbranched alkanes of at least 4 members (excludes halogenated alkanes) is 5. The average molecular weight is 550 g/mol. The van der Waals surface area contributed by atoms with E-state index in [1.54, 1.807) is 0 Å². The van der Waals surface area contributed by atoms with Crippen LogP contribution in [0.15, 0.2) is 79.8 Å². The second kappa shape index (κ2) is 14.6. The molecule has 0 bridgehead atoms. The Bertz CT molecular complexity index is 1190. The van der Waals surface area contributed by atoms with Gasteiger partial charge in [0.25, 0.3) is 0 Å². The van der Waals surface area contributed by atoms with E-state index in [0.29, 0.717) is 0 Å². The number of carboxylic acid groups (broad SMARTS) is 1. The van der Waals surface area contributed by atoms with Crippen LogP contribution in [0.2, 0.25) is 0 Å². The van der Waals surface area contributed by atoms with Crippen molar-refractivity contribution in [1.29, 1.82) is 0 Å². The highest BCUT2D eigenvalue weighted by Crippen LogP contribution is 2.34. The summed E-state index contributed by atoms with van der Waals surface area (Å²) in [5.74, 6) is 2.52. The number of nitrogens with zero attached hydrogens (tertiary/aromatic N) is 3. The molecule has 0 aliphatic carbocycles. The Labute approximate surface area is 236 Å². The Hall–Kier alpha value is -2.51. The molecule has 4 rings (SSSR count). The van der Waals surface area contributed by atoms with Gasteiger partial charge in [-0.25, -0.2) is 4.99 Å². The lowest BCUT2D eigenvalue weighted by Gasteiger charge is -2.21. The van der Waals surface area contributed by atoms with Crippen LogP contribution in [0.5, 0.6) is 0 Å². The number of hydrogen-bond acceptors (Lipinski definition) is 6. The van der Waals surface area contributed by atoms with Gasteiger partial charge in [0.2, 0.25) is 0 Å². The number of carboxylic acids is 1. The van der Waals surface area contributed by atoms with Gasteiger partial charge in [-0.15, -0.1) is 23.5 Å². The molecule has 0 unspecified atom stereocenters. The van der Waals surface area contributed by atoms with Crippen molar-refractivity contribution in [2.45, 2.75) is 76.0 Å². The maximum Gasteiger partial charge on any atom is 0.303 e. The SMILES string of the molecule is CCCCCCSc1ccc2c(c1)CC(/C=C/C=C1\CC3=CC(SCCCCCC(=O)O)=CN(C)C3=N1)=N2. The molecular formula is C31H39N3O2S2. The number of benzene rings is 1. The van der Waals surface area contributed by atoms with Crippen molar-refractivity contribution in [3.8, 4) is 0 Å². The third kappa shape index (κ3) is 8.50. The van der Waals surface area contributed by atoms with Crippen LogP contribution < -0.4 is 0 Å². The molecule has 0 fully saturated rings. The summed E-state index contributed by atoms with van der Waals surface area (Å²) in [7, 11) is 2.06. The number of hydrogen-bond donors (Lipinski definition) is 1. The van der Waals surface area contributed by atoms with Gasteiger partial charge >= 0.3 is 5.97 Å². The molecule has 3 aliphatic rings. The van der Waals surface area contributed by atoms with E-state index in [0.717, 1.165) is 60.8 Å². The van der Waals surface area contributed by atoms with Crippen molar-refractivity contribution in [3.63, 3.8) is 0 Å². The molecule has 202 valence electrons. The topological polar surface area (TPSA) is 65.3 Å². The highest BCUT2D eigenvalue weighted by atomic mass is 32.2. The van der Waals surface area contributed by atoms with Crippen LogP contribution in [-0.4, -0.2) is 46.1 Å². The molecular weight excluding hydrogens is 510 g/mol. The first kappa shape index (κ1) is 28.5. The normalized spacial score (nSPS) is 17.4. The molecule has 0 aromatic heterocycles. The second-order valence-corrected chi connectivity index (χ2v) is 12.3. The van der Waals surface area contributed by atoms with Gasteiger partial charge in [-0.05, 0) is 72.8 Å². The molecule has 0 radical (unpaired) electrons. The van der Waals surface area contributed by atoms with Crippen LogP contribution in [0.3, 0.4) is 0 Å². The lowest BCUT2D eigenvalue weighted by Crippen LogP contribution is -2.23. The van der Waals surface area contributed by atoms with E-state index in [1.165, 1.54) is 52.4 Å². The quantitative estimate of drug-likeness (QED) is 0.176. The zero-order valence-electron chi connectivity index (χ0n) is 22.6. The summed E-state index contributed by atoms with van der Waals surface area (Å²) in [4.78, 5) is 25.0. The van der Waals surface area contributed by atoms with E-state index in [1.807, 2.05) is 23.5 Å². The molecule has 0 amide bonds. The second-order valence-electron chi connectivity index (χ2n) is 9.97. The molecule has 0 saturated carbocycles. The summed E-state index contributed by atoms with van der Waals surface area (Å²) in [6.07, 6.45) is 20.7. The zero-order chi connectivity index (χ0) is 26.7. The highest BCUT2D eigenvalue weighted by molar-refractivity contribution is 8.03. The van der Waals surface area contributed by atoms with Gasteiger partial charge in [-0.3, -0.25) is 9.79 Å². The molecule has 3 heterocycles. The number of likely N-dealkylation sites (N-methyl/N-ethyl adjacent to an activating group) is 1. The summed E-state index contributed by atoms with van der Waals surface area (Å²) in [5, 5.41) is 8.76. The number of carbonyl (C=O) groups is 1. The minimum Gasteiger partial charge on any atom is -0.481 e. The highest BCUT2D eigenvalue weighted by Gasteiger charge is 2.24. The summed E-state index contributed by atoms with van der Waals surface area (Å²) >= 11 is 3.80. The van der Waals surface area contributed by atoms with Crippen LogP contribution in [0, 0.1) is 0 Å². The molecule has 3 aliphatic heterocycles. The van der Waals surface area contributed by atoms with Gasteiger partial charge in [0.1, 0.15) is 5.84 Å². The molecule has 0 atom stereocenters. The van der Waals surface area contributed by atoms with E-state index in [-0.39, 0.29) is 6.42 Å². The summed E-state index contributed by atoms with van der Waals surface area (Å²) in [6.45, 7) is 2.26. The fraction of sp³-hybridized carbons (Fsp3) is 0.452. The Kier molecular flexibility index (Phi) is 10.9. The van der Waals surface area contributed by atoms with Crippen molar-refractivity contribution in [3.05, 3.63) is 70.4 Å². The van der Waals surface area contributed by atoms with Crippen LogP contribution in [-0.2, 0) is 11.2 Å². The molecule has 7 heteroatoms. The van der Waals surface area contributed by atoms with Crippen molar-refractivity contribution >= 4 is 46.7 Å². The number of aliphatic imine (C=N–C) groups is 2. The van der Waals surface area contributed by atoms with E-state index < -0.39 is 5.97 Å². The predicted octanol–water partition coefficient (Wildman–Crippen LogP) is 8.32. The van der Waals surface area contributed by atoms with E-state index in [2.05, 4.69) is 67.6 Å². The largest absolute Gasteiger partial charge is 0.481 e. The molecule has 38 heavy (non-hydrogen) atoms. The van der Waals surface area contributed by atoms with Crippen molar-refractivity contribution < 1.29 is 9.90 Å². The predicted molar refractivity (Wildman–Crippen MR) is 164 cm³/mol. The monoisotopic (exact) mass is 549 g/mol. The number of rotatable bonds is 15.